The van der Waals surface area contributed by atoms with Crippen LogP contribution in [0, 0.1) is 0 Å². The van der Waals surface area contributed by atoms with E-state index in [1.54, 1.807) is 0 Å². The highest BCUT2D eigenvalue weighted by Gasteiger charge is 2.21. The first-order valence-corrected chi connectivity index (χ1v) is 27.9. The van der Waals surface area contributed by atoms with Crippen LogP contribution in [0.15, 0.2) is 304 Å². The molecule has 17 rings (SSSR count). The fourth-order valence-electron chi connectivity index (χ4n) is 12.8. The zero-order valence-electron chi connectivity index (χ0n) is 44.6. The van der Waals surface area contributed by atoms with Gasteiger partial charge in [0.15, 0.2) is 0 Å². The van der Waals surface area contributed by atoms with E-state index in [4.69, 9.17) is 9.97 Å². The molecule has 384 valence electrons. The second kappa shape index (κ2) is 19.4. The van der Waals surface area contributed by atoms with Crippen LogP contribution in [-0.4, -0.2) is 28.2 Å². The van der Waals surface area contributed by atoms with Gasteiger partial charge in [-0.2, -0.15) is 0 Å². The molecule has 0 spiro atoms. The number of hydrogen-bond donors (Lipinski definition) is 0. The standard InChI is InChI=1S/C41H27N3.C35H23N3/c1-3-11-28(12-4-1)29-20-23-32(24-21-29)44-38-25-22-30(27-36(38)34-17-10-26-42-41(34)44)33-16-9-19-39-40(33)35-15-7-8-18-37(35)43(39)31-13-5-2-6-14-31;1-3-11-25(12-4-1)37-31-18-8-7-15-29(31)34-27(16-9-19-33(34)37)24-20-21-32-30(23-24)28-17-10-22-36-35(28)38(32)26-13-5-2-6-14-26/h1-27H;1-23H. The van der Waals surface area contributed by atoms with E-state index < -0.39 is 0 Å². The highest BCUT2D eigenvalue weighted by Crippen LogP contribution is 2.43. The summed E-state index contributed by atoms with van der Waals surface area (Å²) in [5.41, 5.74) is 20.9. The molecule has 6 aromatic heterocycles. The van der Waals surface area contributed by atoms with Crippen molar-refractivity contribution in [2.45, 2.75) is 0 Å². The Morgan fingerprint density at radius 2 is 0.549 bits per heavy atom. The largest absolute Gasteiger partial charge is 0.309 e. The van der Waals surface area contributed by atoms with Crippen LogP contribution in [0.25, 0.3) is 144 Å². The SMILES string of the molecule is c1ccc(-c2ccc(-n3c4ccc(-c5cccc6c5c5ccccc5n6-c5ccccc5)cc4c4cccnc43)cc2)cc1.c1ccc(-n2c3ccccc3c3c(-c4ccc5c(c4)c4cccnc4n5-c4ccccc4)cccc32)cc1. The molecule has 0 atom stereocenters. The molecule has 82 heavy (non-hydrogen) atoms. The average molecular weight is 1050 g/mol. The fraction of sp³-hybridized carbons (Fsp3) is 0. The first-order valence-electron chi connectivity index (χ1n) is 27.9. The van der Waals surface area contributed by atoms with Crippen LogP contribution < -0.4 is 0 Å². The minimum Gasteiger partial charge on any atom is -0.309 e. The molecule has 0 radical (unpaired) electrons. The van der Waals surface area contributed by atoms with Crippen LogP contribution in [0.1, 0.15) is 0 Å². The van der Waals surface area contributed by atoms with E-state index in [2.05, 4.69) is 297 Å². The number of nitrogens with zero attached hydrogens (tertiary/aromatic N) is 6. The van der Waals surface area contributed by atoms with Crippen molar-refractivity contribution in [2.75, 3.05) is 0 Å². The quantitative estimate of drug-likeness (QED) is 0.160. The predicted molar refractivity (Wildman–Crippen MR) is 342 cm³/mol. The maximum Gasteiger partial charge on any atom is 0.145 e. The number of hydrogen-bond acceptors (Lipinski definition) is 2. The Balaban J connectivity index is 0.000000136. The predicted octanol–water partition coefficient (Wildman–Crippen LogP) is 19.6. The Labute approximate surface area is 472 Å². The Kier molecular flexibility index (Phi) is 11.1. The molecule has 0 unspecified atom stereocenters. The number of fused-ring (bicyclic) bond motifs is 12. The van der Waals surface area contributed by atoms with E-state index in [1.807, 2.05) is 24.5 Å². The molecule has 0 fully saturated rings. The first-order chi connectivity index (χ1) is 40.7. The molecule has 0 aliphatic rings. The Bertz CT molecular complexity index is 5250. The fourth-order valence-corrected chi connectivity index (χ4v) is 12.8. The lowest BCUT2D eigenvalue weighted by Gasteiger charge is -2.10. The van der Waals surface area contributed by atoms with Crippen LogP contribution in [0.4, 0.5) is 0 Å². The Hall–Kier alpha value is -11.1. The molecule has 6 heteroatoms. The second-order valence-corrected chi connectivity index (χ2v) is 20.9. The van der Waals surface area contributed by atoms with E-state index >= 15 is 0 Å². The summed E-state index contributed by atoms with van der Waals surface area (Å²) in [6.07, 6.45) is 3.76. The van der Waals surface area contributed by atoms with E-state index in [1.165, 1.54) is 99.1 Å². The van der Waals surface area contributed by atoms with Crippen molar-refractivity contribution in [1.82, 2.24) is 28.2 Å². The van der Waals surface area contributed by atoms with Gasteiger partial charge in [-0.15, -0.1) is 0 Å². The van der Waals surface area contributed by atoms with Gasteiger partial charge in [0, 0.05) is 78.2 Å². The Morgan fingerprint density at radius 1 is 0.207 bits per heavy atom. The summed E-state index contributed by atoms with van der Waals surface area (Å²) in [4.78, 5) is 9.65. The second-order valence-electron chi connectivity index (χ2n) is 20.9. The molecule has 0 aliphatic heterocycles. The molecule has 0 amide bonds. The zero-order chi connectivity index (χ0) is 54.1. The molecule has 0 saturated carbocycles. The smallest absolute Gasteiger partial charge is 0.145 e. The summed E-state index contributed by atoms with van der Waals surface area (Å²) >= 11 is 0. The van der Waals surface area contributed by atoms with E-state index in [0.717, 1.165) is 44.5 Å². The zero-order valence-corrected chi connectivity index (χ0v) is 44.6. The summed E-state index contributed by atoms with van der Waals surface area (Å²) in [6, 6.07) is 104. The lowest BCUT2D eigenvalue weighted by atomic mass is 9.98. The minimum absolute atomic E-state index is 0.964. The highest BCUT2D eigenvalue weighted by molar-refractivity contribution is 6.19. The number of aromatic nitrogens is 6. The van der Waals surface area contributed by atoms with Crippen molar-refractivity contribution in [2.24, 2.45) is 0 Å². The molecule has 17 aromatic rings. The van der Waals surface area contributed by atoms with Crippen molar-refractivity contribution >= 4 is 87.5 Å². The number of rotatable bonds is 7. The summed E-state index contributed by atoms with van der Waals surface area (Å²) in [7, 11) is 0. The normalized spacial score (nSPS) is 11.7. The maximum absolute atomic E-state index is 4.87. The molecular formula is C76H50N6. The average Bonchev–Trinajstić information content (AvgIpc) is 4.48. The maximum atomic E-state index is 4.87. The number of para-hydroxylation sites is 5. The van der Waals surface area contributed by atoms with Gasteiger partial charge in [-0.3, -0.25) is 9.13 Å². The van der Waals surface area contributed by atoms with Crippen molar-refractivity contribution in [1.29, 1.82) is 0 Å². The van der Waals surface area contributed by atoms with Gasteiger partial charge in [-0.05, 0) is 155 Å². The van der Waals surface area contributed by atoms with Crippen LogP contribution in [0.5, 0.6) is 0 Å². The molecule has 11 aromatic carbocycles. The van der Waals surface area contributed by atoms with Crippen molar-refractivity contribution < 1.29 is 0 Å². The van der Waals surface area contributed by atoms with Crippen molar-refractivity contribution in [3.8, 4) is 56.1 Å². The number of benzene rings is 11. The van der Waals surface area contributed by atoms with Crippen molar-refractivity contribution in [3.63, 3.8) is 0 Å². The third-order valence-corrected chi connectivity index (χ3v) is 16.3. The van der Waals surface area contributed by atoms with Gasteiger partial charge in [0.05, 0.1) is 33.1 Å². The lowest BCUT2D eigenvalue weighted by molar-refractivity contribution is 1.14. The van der Waals surface area contributed by atoms with Crippen LogP contribution in [0.2, 0.25) is 0 Å². The topological polar surface area (TPSA) is 45.5 Å². The molecule has 0 saturated heterocycles. The minimum atomic E-state index is 0.964. The lowest BCUT2D eigenvalue weighted by Crippen LogP contribution is -1.95. The van der Waals surface area contributed by atoms with E-state index in [-0.39, 0.29) is 0 Å². The van der Waals surface area contributed by atoms with Gasteiger partial charge in [0.2, 0.25) is 0 Å². The van der Waals surface area contributed by atoms with Crippen LogP contribution in [-0.2, 0) is 0 Å². The molecular weight excluding hydrogens is 997 g/mol. The third-order valence-electron chi connectivity index (χ3n) is 16.3. The van der Waals surface area contributed by atoms with Gasteiger partial charge in [-0.1, -0.05) is 170 Å². The number of pyridine rings is 2. The Morgan fingerprint density at radius 3 is 1.01 bits per heavy atom. The first kappa shape index (κ1) is 47.0. The molecule has 0 bridgehead atoms. The summed E-state index contributed by atoms with van der Waals surface area (Å²) < 4.78 is 9.29. The van der Waals surface area contributed by atoms with Crippen LogP contribution >= 0.6 is 0 Å². The molecule has 0 N–H and O–H groups in total. The van der Waals surface area contributed by atoms with Crippen LogP contribution in [0.3, 0.4) is 0 Å². The highest BCUT2D eigenvalue weighted by atomic mass is 15.1. The molecule has 6 nitrogen and oxygen atoms in total. The monoisotopic (exact) mass is 1050 g/mol. The van der Waals surface area contributed by atoms with Crippen molar-refractivity contribution in [3.05, 3.63) is 304 Å². The molecule has 6 heterocycles. The van der Waals surface area contributed by atoms with Gasteiger partial charge < -0.3 is 9.13 Å². The van der Waals surface area contributed by atoms with E-state index in [0.29, 0.717) is 0 Å². The van der Waals surface area contributed by atoms with Gasteiger partial charge in [-0.25, -0.2) is 9.97 Å². The summed E-state index contributed by atoms with van der Waals surface area (Å²) in [5.74, 6) is 0. The van der Waals surface area contributed by atoms with E-state index in [9.17, 15) is 0 Å². The van der Waals surface area contributed by atoms with Gasteiger partial charge in [0.1, 0.15) is 11.3 Å². The summed E-state index contributed by atoms with van der Waals surface area (Å²) in [5, 5.41) is 9.77. The van der Waals surface area contributed by atoms with Gasteiger partial charge in [0.25, 0.3) is 0 Å². The van der Waals surface area contributed by atoms with Gasteiger partial charge >= 0.3 is 0 Å². The molecule has 0 aliphatic carbocycles. The summed E-state index contributed by atoms with van der Waals surface area (Å²) in [6.45, 7) is 0. The third kappa shape index (κ3) is 7.57.